The van der Waals surface area contributed by atoms with Gasteiger partial charge in [0.2, 0.25) is 0 Å². The van der Waals surface area contributed by atoms with Gasteiger partial charge >= 0.3 is 0 Å². The molecule has 3 rings (SSSR count). The summed E-state index contributed by atoms with van der Waals surface area (Å²) in [6.07, 6.45) is 4.18. The van der Waals surface area contributed by atoms with Crippen molar-refractivity contribution >= 4 is 5.91 Å². The van der Waals surface area contributed by atoms with Crippen LogP contribution in [-0.2, 0) is 0 Å². The van der Waals surface area contributed by atoms with Gasteiger partial charge in [-0.05, 0) is 38.7 Å². The maximum Gasteiger partial charge on any atom is 0.254 e. The summed E-state index contributed by atoms with van der Waals surface area (Å²) in [4.78, 5) is 12.6. The smallest absolute Gasteiger partial charge is 0.254 e. The molecule has 1 fully saturated rings. The molecule has 2 N–H and O–H groups in total. The largest absolute Gasteiger partial charge is 0.387 e. The van der Waals surface area contributed by atoms with Crippen LogP contribution in [-0.4, -0.2) is 27.3 Å². The van der Waals surface area contributed by atoms with E-state index in [-0.39, 0.29) is 18.5 Å². The molecule has 1 aromatic carbocycles. The molecule has 134 valence electrons. The number of hydrogen-bond donors (Lipinski definition) is 2. The Hall–Kier alpha value is -2.14. The number of nitrogens with one attached hydrogen (secondary N) is 1. The van der Waals surface area contributed by atoms with Crippen molar-refractivity contribution in [2.45, 2.75) is 58.1 Å². The van der Waals surface area contributed by atoms with Crippen LogP contribution in [0.15, 0.2) is 30.5 Å². The monoisotopic (exact) mass is 341 g/mol. The third-order valence-corrected chi connectivity index (χ3v) is 4.93. The van der Waals surface area contributed by atoms with Crippen molar-refractivity contribution in [3.8, 4) is 0 Å². The van der Waals surface area contributed by atoms with Gasteiger partial charge in [-0.25, -0.2) is 0 Å². The van der Waals surface area contributed by atoms with Crippen LogP contribution in [0.5, 0.6) is 0 Å². The summed E-state index contributed by atoms with van der Waals surface area (Å²) >= 11 is 0. The zero-order valence-corrected chi connectivity index (χ0v) is 15.2. The van der Waals surface area contributed by atoms with Crippen LogP contribution >= 0.6 is 0 Å². The van der Waals surface area contributed by atoms with Gasteiger partial charge in [0.1, 0.15) is 0 Å². The predicted octanol–water partition coefficient (Wildman–Crippen LogP) is 3.50. The molecule has 5 nitrogen and oxygen atoms in total. The van der Waals surface area contributed by atoms with Gasteiger partial charge in [0, 0.05) is 18.5 Å². The van der Waals surface area contributed by atoms with E-state index in [4.69, 9.17) is 0 Å². The van der Waals surface area contributed by atoms with Crippen molar-refractivity contribution < 1.29 is 9.90 Å². The molecule has 5 heteroatoms. The van der Waals surface area contributed by atoms with Gasteiger partial charge in [-0.3, -0.25) is 9.48 Å². The minimum absolute atomic E-state index is 0.150. The molecule has 1 amide bonds. The van der Waals surface area contributed by atoms with E-state index in [1.54, 1.807) is 6.20 Å². The van der Waals surface area contributed by atoms with E-state index in [0.29, 0.717) is 11.5 Å². The number of aromatic nitrogens is 2. The average Bonchev–Trinajstić information content (AvgIpc) is 3.36. The summed E-state index contributed by atoms with van der Waals surface area (Å²) in [7, 11) is 0. The quantitative estimate of drug-likeness (QED) is 0.810. The topological polar surface area (TPSA) is 67.2 Å². The van der Waals surface area contributed by atoms with E-state index >= 15 is 0 Å². The van der Waals surface area contributed by atoms with Crippen LogP contribution in [0.3, 0.4) is 0 Å². The predicted molar refractivity (Wildman–Crippen MR) is 97.7 cm³/mol. The van der Waals surface area contributed by atoms with Crippen molar-refractivity contribution in [3.63, 3.8) is 0 Å². The van der Waals surface area contributed by atoms with Crippen molar-refractivity contribution in [1.29, 1.82) is 0 Å². The number of amides is 1. The zero-order valence-electron chi connectivity index (χ0n) is 15.2. The molecule has 0 spiro atoms. The lowest BCUT2D eigenvalue weighted by atomic mass is 10.1. The highest BCUT2D eigenvalue weighted by atomic mass is 16.3. The second kappa shape index (κ2) is 7.40. The van der Waals surface area contributed by atoms with Crippen molar-refractivity contribution in [2.75, 3.05) is 6.54 Å². The Morgan fingerprint density at radius 2 is 2.20 bits per heavy atom. The molecule has 2 unspecified atom stereocenters. The van der Waals surface area contributed by atoms with E-state index in [1.807, 2.05) is 35.9 Å². The van der Waals surface area contributed by atoms with E-state index in [1.165, 1.54) is 0 Å². The summed E-state index contributed by atoms with van der Waals surface area (Å²) in [5.41, 5.74) is 3.61. The number of aryl methyl sites for hydroxylation is 1. The maximum absolute atomic E-state index is 12.6. The van der Waals surface area contributed by atoms with Gasteiger partial charge in [0.05, 0.1) is 23.6 Å². The Morgan fingerprint density at radius 1 is 1.44 bits per heavy atom. The Morgan fingerprint density at radius 3 is 2.84 bits per heavy atom. The normalized spacial score (nSPS) is 16.5. The molecule has 25 heavy (non-hydrogen) atoms. The number of rotatable bonds is 7. The van der Waals surface area contributed by atoms with Crippen LogP contribution in [0.25, 0.3) is 0 Å². The summed E-state index contributed by atoms with van der Waals surface area (Å²) in [6, 6.07) is 8.00. The molecule has 1 heterocycles. The highest BCUT2D eigenvalue weighted by Gasteiger charge is 2.33. The van der Waals surface area contributed by atoms with Crippen LogP contribution in [0, 0.1) is 6.92 Å². The molecule has 1 aliphatic carbocycles. The van der Waals surface area contributed by atoms with Crippen molar-refractivity contribution in [2.24, 2.45) is 0 Å². The third-order valence-electron chi connectivity index (χ3n) is 4.93. The van der Waals surface area contributed by atoms with Gasteiger partial charge < -0.3 is 10.4 Å². The number of aliphatic hydroxyl groups excluding tert-OH is 1. The number of aliphatic hydroxyl groups is 1. The van der Waals surface area contributed by atoms with Crippen LogP contribution in [0.4, 0.5) is 0 Å². The Bertz CT molecular complexity index is 749. The number of carbonyl (C=O) groups excluding carboxylic acids is 1. The van der Waals surface area contributed by atoms with E-state index in [2.05, 4.69) is 24.3 Å². The Labute approximate surface area is 149 Å². The molecule has 0 bridgehead atoms. The first-order chi connectivity index (χ1) is 12.0. The first kappa shape index (κ1) is 17.7. The summed E-state index contributed by atoms with van der Waals surface area (Å²) < 4.78 is 2.00. The lowest BCUT2D eigenvalue weighted by molar-refractivity contribution is 0.0915. The van der Waals surface area contributed by atoms with Gasteiger partial charge in [0.15, 0.2) is 0 Å². The van der Waals surface area contributed by atoms with Crippen LogP contribution in [0.2, 0.25) is 0 Å². The number of hydrogen-bond acceptors (Lipinski definition) is 3. The van der Waals surface area contributed by atoms with Gasteiger partial charge in [0.25, 0.3) is 5.91 Å². The third kappa shape index (κ3) is 3.93. The fourth-order valence-electron chi connectivity index (χ4n) is 3.11. The minimum atomic E-state index is -0.710. The molecule has 1 saturated carbocycles. The second-order valence-electron chi connectivity index (χ2n) is 7.06. The molecule has 2 atom stereocenters. The Kier molecular flexibility index (Phi) is 5.23. The van der Waals surface area contributed by atoms with Crippen molar-refractivity contribution in [1.82, 2.24) is 15.1 Å². The second-order valence-corrected chi connectivity index (χ2v) is 7.06. The van der Waals surface area contributed by atoms with E-state index in [0.717, 1.165) is 36.1 Å². The average molecular weight is 341 g/mol. The van der Waals surface area contributed by atoms with Gasteiger partial charge in [-0.1, -0.05) is 36.8 Å². The molecule has 0 aliphatic heterocycles. The SMILES string of the molecule is CCC(C)n1ncc(C(=O)NCC(O)c2cccc(C)c2)c1C1CC1. The molecule has 1 aromatic heterocycles. The molecule has 0 radical (unpaired) electrons. The first-order valence-electron chi connectivity index (χ1n) is 9.11. The summed E-state index contributed by atoms with van der Waals surface area (Å²) in [6.45, 7) is 6.43. The highest BCUT2D eigenvalue weighted by molar-refractivity contribution is 5.95. The standard InChI is InChI=1S/C20H27N3O2/c1-4-14(3)23-19(15-8-9-15)17(11-22-23)20(25)21-12-18(24)16-7-5-6-13(2)10-16/h5-7,10-11,14-15,18,24H,4,8-9,12H2,1-3H3,(H,21,25). The van der Waals surface area contributed by atoms with E-state index < -0.39 is 6.10 Å². The van der Waals surface area contributed by atoms with Gasteiger partial charge in [-0.2, -0.15) is 5.10 Å². The first-order valence-corrected chi connectivity index (χ1v) is 9.11. The van der Waals surface area contributed by atoms with Crippen LogP contribution < -0.4 is 5.32 Å². The number of carbonyl (C=O) groups is 1. The molecule has 0 saturated heterocycles. The number of nitrogens with zero attached hydrogens (tertiary/aromatic N) is 2. The highest BCUT2D eigenvalue weighted by Crippen LogP contribution is 2.42. The number of benzene rings is 1. The lowest BCUT2D eigenvalue weighted by Crippen LogP contribution is -2.29. The van der Waals surface area contributed by atoms with Crippen LogP contribution in [0.1, 0.15) is 78.4 Å². The molecular weight excluding hydrogens is 314 g/mol. The molecule has 1 aliphatic rings. The maximum atomic E-state index is 12.6. The summed E-state index contributed by atoms with van der Waals surface area (Å²) in [5.74, 6) is 0.294. The fourth-order valence-corrected chi connectivity index (χ4v) is 3.11. The lowest BCUT2D eigenvalue weighted by Gasteiger charge is -2.15. The molecule has 2 aromatic rings. The zero-order chi connectivity index (χ0) is 18.0. The van der Waals surface area contributed by atoms with Crippen molar-refractivity contribution in [3.05, 3.63) is 52.8 Å². The van der Waals surface area contributed by atoms with E-state index in [9.17, 15) is 9.90 Å². The van der Waals surface area contributed by atoms with Gasteiger partial charge in [-0.15, -0.1) is 0 Å². The molecular formula is C20H27N3O2. The fraction of sp³-hybridized carbons (Fsp3) is 0.500. The Balaban J connectivity index is 1.70. The summed E-state index contributed by atoms with van der Waals surface area (Å²) in [5, 5.41) is 17.7. The minimum Gasteiger partial charge on any atom is -0.387 e.